The van der Waals surface area contributed by atoms with Gasteiger partial charge in [0.25, 0.3) is 0 Å². The fourth-order valence-corrected chi connectivity index (χ4v) is 9.16. The molecule has 0 saturated carbocycles. The van der Waals surface area contributed by atoms with Crippen molar-refractivity contribution in [3.05, 3.63) is 36.5 Å². The van der Waals surface area contributed by atoms with Gasteiger partial charge in [0, 0.05) is 6.42 Å². The highest BCUT2D eigenvalue weighted by molar-refractivity contribution is 5.76. The summed E-state index contributed by atoms with van der Waals surface area (Å²) >= 11 is 0. The summed E-state index contributed by atoms with van der Waals surface area (Å²) in [7, 11) is 0. The molecule has 0 heterocycles. The number of hydrogen-bond donors (Lipinski definition) is 3. The second-order valence-corrected chi connectivity index (χ2v) is 20.1. The number of aliphatic hydroxyl groups is 2. The van der Waals surface area contributed by atoms with Crippen molar-refractivity contribution in [3.63, 3.8) is 0 Å². The molecule has 0 rings (SSSR count). The molecule has 0 bridgehead atoms. The van der Waals surface area contributed by atoms with Crippen molar-refractivity contribution in [2.24, 2.45) is 0 Å². The molecular weight excluding hydrogens is 783 g/mol. The highest BCUT2D eigenvalue weighted by atomic mass is 16.3. The lowest BCUT2D eigenvalue weighted by Crippen LogP contribution is -2.45. The molecule has 0 aromatic rings. The van der Waals surface area contributed by atoms with Crippen LogP contribution in [0.1, 0.15) is 322 Å². The van der Waals surface area contributed by atoms with E-state index >= 15 is 0 Å². The number of aliphatic hydroxyl groups excluding tert-OH is 2. The third-order valence-electron chi connectivity index (χ3n) is 13.6. The maximum absolute atomic E-state index is 12.4. The van der Waals surface area contributed by atoms with E-state index in [-0.39, 0.29) is 12.5 Å². The van der Waals surface area contributed by atoms with Gasteiger partial charge in [-0.25, -0.2) is 0 Å². The van der Waals surface area contributed by atoms with Gasteiger partial charge in [0.15, 0.2) is 0 Å². The predicted octanol–water partition coefficient (Wildman–Crippen LogP) is 19.3. The summed E-state index contributed by atoms with van der Waals surface area (Å²) in [5.74, 6) is -0.0748. The van der Waals surface area contributed by atoms with Crippen LogP contribution in [0.3, 0.4) is 0 Å². The molecule has 64 heavy (non-hydrogen) atoms. The second kappa shape index (κ2) is 55.9. The zero-order chi connectivity index (χ0) is 46.3. The lowest BCUT2D eigenvalue weighted by atomic mass is 10.0. The van der Waals surface area contributed by atoms with E-state index in [1.165, 1.54) is 257 Å². The lowest BCUT2D eigenvalue weighted by molar-refractivity contribution is -0.123. The first-order chi connectivity index (χ1) is 31.7. The van der Waals surface area contributed by atoms with Crippen LogP contribution in [-0.2, 0) is 4.79 Å². The minimum atomic E-state index is -0.867. The van der Waals surface area contributed by atoms with Crippen LogP contribution < -0.4 is 5.32 Å². The normalized spacial score (nSPS) is 13.0. The summed E-state index contributed by atoms with van der Waals surface area (Å²) in [6.45, 7) is 4.24. The number of allylic oxidation sites excluding steroid dienone is 5. The fourth-order valence-electron chi connectivity index (χ4n) is 9.16. The number of hydrogen-bond acceptors (Lipinski definition) is 3. The number of carbonyl (C=O) groups is 1. The Morgan fingerprint density at radius 1 is 0.359 bits per heavy atom. The Morgan fingerprint density at radius 2 is 0.609 bits per heavy atom. The quantitative estimate of drug-likeness (QED) is 0.0421. The van der Waals surface area contributed by atoms with Crippen LogP contribution in [0, 0.1) is 0 Å². The number of carbonyl (C=O) groups excluding carboxylic acids is 1. The highest BCUT2D eigenvalue weighted by Crippen LogP contribution is 2.18. The summed E-state index contributed by atoms with van der Waals surface area (Å²) in [5.41, 5.74) is 0. The zero-order valence-electron chi connectivity index (χ0n) is 43.6. The third-order valence-corrected chi connectivity index (χ3v) is 13.6. The van der Waals surface area contributed by atoms with Crippen LogP contribution in [0.5, 0.6) is 0 Å². The number of rotatable bonds is 54. The van der Waals surface area contributed by atoms with E-state index < -0.39 is 12.1 Å². The molecule has 0 saturated heterocycles. The van der Waals surface area contributed by atoms with Crippen molar-refractivity contribution < 1.29 is 15.0 Å². The Bertz CT molecular complexity index is 974. The van der Waals surface area contributed by atoms with Gasteiger partial charge < -0.3 is 15.5 Å². The highest BCUT2D eigenvalue weighted by Gasteiger charge is 2.18. The average molecular weight is 899 g/mol. The molecule has 2 atom stereocenters. The topological polar surface area (TPSA) is 69.6 Å². The molecule has 0 fully saturated rings. The van der Waals surface area contributed by atoms with Gasteiger partial charge in [0.1, 0.15) is 0 Å². The Labute approximate surface area is 402 Å². The third kappa shape index (κ3) is 51.6. The fraction of sp³-hybridized carbons (Fsp3) is 0.883. The van der Waals surface area contributed by atoms with Crippen molar-refractivity contribution in [2.45, 2.75) is 334 Å². The maximum Gasteiger partial charge on any atom is 0.220 e. The molecule has 1 amide bonds. The molecule has 0 aliphatic carbocycles. The van der Waals surface area contributed by atoms with E-state index in [1.807, 2.05) is 6.08 Å². The largest absolute Gasteiger partial charge is 0.394 e. The van der Waals surface area contributed by atoms with Crippen molar-refractivity contribution in [1.29, 1.82) is 0 Å². The van der Waals surface area contributed by atoms with E-state index in [9.17, 15) is 15.0 Å². The molecule has 0 aromatic heterocycles. The molecule has 2 unspecified atom stereocenters. The summed E-state index contributed by atoms with van der Waals surface area (Å²) < 4.78 is 0. The number of amides is 1. The van der Waals surface area contributed by atoms with Gasteiger partial charge in [-0.15, -0.1) is 0 Å². The molecule has 0 spiro atoms. The standard InChI is InChI=1S/C60H115NO3/c1-3-5-7-9-11-13-15-16-17-18-19-20-21-22-23-24-25-26-27-28-29-30-31-32-33-34-35-36-37-38-39-40-41-42-43-44-46-48-50-52-54-56-60(64)61-58(57-62)59(63)55-53-51-49-47-45-14-12-10-8-6-4-2/h8,10,45,47,53,55,58-59,62-63H,3-7,9,11-44,46,48-52,54,56-57H2,1-2H3,(H,61,64)/b10-8+,47-45+,55-53+. The van der Waals surface area contributed by atoms with E-state index in [0.717, 1.165) is 44.9 Å². The van der Waals surface area contributed by atoms with Gasteiger partial charge in [-0.05, 0) is 38.5 Å². The molecule has 4 heteroatoms. The summed E-state index contributed by atoms with van der Waals surface area (Å²) in [5, 5.41) is 23.0. The van der Waals surface area contributed by atoms with Gasteiger partial charge in [-0.2, -0.15) is 0 Å². The molecular formula is C60H115NO3. The Kier molecular flexibility index (Phi) is 54.7. The molecule has 0 aliphatic heterocycles. The summed E-state index contributed by atoms with van der Waals surface area (Å²) in [6.07, 6.45) is 76.4. The van der Waals surface area contributed by atoms with Gasteiger partial charge in [-0.1, -0.05) is 314 Å². The van der Waals surface area contributed by atoms with Crippen molar-refractivity contribution in [3.8, 4) is 0 Å². The van der Waals surface area contributed by atoms with Gasteiger partial charge in [-0.3, -0.25) is 4.79 Å². The first-order valence-corrected chi connectivity index (χ1v) is 29.2. The van der Waals surface area contributed by atoms with Crippen molar-refractivity contribution >= 4 is 5.91 Å². The van der Waals surface area contributed by atoms with Crippen molar-refractivity contribution in [2.75, 3.05) is 6.61 Å². The van der Waals surface area contributed by atoms with Gasteiger partial charge in [0.2, 0.25) is 5.91 Å². The van der Waals surface area contributed by atoms with Gasteiger partial charge in [0.05, 0.1) is 18.8 Å². The van der Waals surface area contributed by atoms with Crippen LogP contribution in [-0.4, -0.2) is 34.9 Å². The second-order valence-electron chi connectivity index (χ2n) is 20.1. The van der Waals surface area contributed by atoms with E-state index in [1.54, 1.807) is 6.08 Å². The lowest BCUT2D eigenvalue weighted by Gasteiger charge is -2.19. The average Bonchev–Trinajstić information content (AvgIpc) is 3.30. The van der Waals surface area contributed by atoms with Crippen LogP contribution in [0.25, 0.3) is 0 Å². The van der Waals surface area contributed by atoms with E-state index in [0.29, 0.717) is 6.42 Å². The maximum atomic E-state index is 12.4. The minimum Gasteiger partial charge on any atom is -0.394 e. The SMILES string of the molecule is CCC/C=C/CC/C=C/CC/C=C/C(O)C(CO)NC(=O)CCCCCCCCCCCCCCCCCCCCCCCCCCCCCCCCCCCCCCCCCCC. The molecule has 3 N–H and O–H groups in total. The predicted molar refractivity (Wildman–Crippen MR) is 285 cm³/mol. The zero-order valence-corrected chi connectivity index (χ0v) is 43.6. The number of nitrogens with one attached hydrogen (secondary N) is 1. The molecule has 0 aliphatic rings. The first kappa shape index (κ1) is 62.6. The van der Waals surface area contributed by atoms with E-state index in [4.69, 9.17) is 0 Å². The molecule has 0 radical (unpaired) electrons. The first-order valence-electron chi connectivity index (χ1n) is 29.2. The molecule has 378 valence electrons. The summed E-state index contributed by atoms with van der Waals surface area (Å²) in [4.78, 5) is 12.4. The Morgan fingerprint density at radius 3 is 0.875 bits per heavy atom. The van der Waals surface area contributed by atoms with Crippen LogP contribution in [0.2, 0.25) is 0 Å². The summed E-state index contributed by atoms with van der Waals surface area (Å²) in [6, 6.07) is -0.642. The molecule has 4 nitrogen and oxygen atoms in total. The molecule has 0 aromatic carbocycles. The van der Waals surface area contributed by atoms with Crippen LogP contribution >= 0.6 is 0 Å². The Balaban J connectivity index is 3.32. The number of unbranched alkanes of at least 4 members (excludes halogenated alkanes) is 43. The van der Waals surface area contributed by atoms with Gasteiger partial charge >= 0.3 is 0 Å². The monoisotopic (exact) mass is 898 g/mol. The van der Waals surface area contributed by atoms with Crippen molar-refractivity contribution in [1.82, 2.24) is 5.32 Å². The van der Waals surface area contributed by atoms with E-state index in [2.05, 4.69) is 43.5 Å². The minimum absolute atomic E-state index is 0.0748. The van der Waals surface area contributed by atoms with Crippen LogP contribution in [0.15, 0.2) is 36.5 Å². The van der Waals surface area contributed by atoms with Crippen LogP contribution in [0.4, 0.5) is 0 Å². The Hall–Kier alpha value is -1.39. The smallest absolute Gasteiger partial charge is 0.220 e.